The number of unbranched alkanes of at least 4 members (excludes halogenated alkanes) is 28. The van der Waals surface area contributed by atoms with E-state index in [1.807, 2.05) is 0 Å². The molecule has 0 spiro atoms. The summed E-state index contributed by atoms with van der Waals surface area (Å²) in [6.45, 7) is 6.48. The molecular weight excluding hydrogens is 973 g/mol. The summed E-state index contributed by atoms with van der Waals surface area (Å²) in [5.74, 6) is -0.904. The van der Waals surface area contributed by atoms with Crippen molar-refractivity contribution in [3.05, 3.63) is 122 Å². The lowest BCUT2D eigenvalue weighted by Crippen LogP contribution is -2.30. The van der Waals surface area contributed by atoms with Crippen molar-refractivity contribution in [2.75, 3.05) is 13.2 Å². The average molecular weight is 1100 g/mol. The van der Waals surface area contributed by atoms with E-state index >= 15 is 0 Å². The van der Waals surface area contributed by atoms with Crippen molar-refractivity contribution in [1.29, 1.82) is 0 Å². The molecule has 0 aliphatic rings. The Hall–Kier alpha value is -4.19. The van der Waals surface area contributed by atoms with Crippen LogP contribution in [-0.4, -0.2) is 37.2 Å². The second kappa shape index (κ2) is 66.3. The lowest BCUT2D eigenvalue weighted by Gasteiger charge is -2.18. The second-order valence-corrected chi connectivity index (χ2v) is 21.6. The first-order valence-corrected chi connectivity index (χ1v) is 33.0. The van der Waals surface area contributed by atoms with Gasteiger partial charge in [-0.3, -0.25) is 14.4 Å². The molecule has 1 atom stereocenters. The number of rotatable bonds is 59. The number of carbonyl (C=O) groups excluding carboxylic acids is 3. The molecule has 450 valence electrons. The molecule has 79 heavy (non-hydrogen) atoms. The third-order valence-corrected chi connectivity index (χ3v) is 13.9. The molecule has 0 saturated carbocycles. The quantitative estimate of drug-likeness (QED) is 0.0261. The van der Waals surface area contributed by atoms with Gasteiger partial charge in [-0.05, 0) is 128 Å². The topological polar surface area (TPSA) is 78.9 Å². The summed E-state index contributed by atoms with van der Waals surface area (Å²) in [6, 6.07) is 0. The molecule has 0 rings (SSSR count). The van der Waals surface area contributed by atoms with Crippen molar-refractivity contribution in [3.8, 4) is 0 Å². The molecule has 0 fully saturated rings. The van der Waals surface area contributed by atoms with Crippen LogP contribution in [-0.2, 0) is 28.6 Å². The zero-order chi connectivity index (χ0) is 57.1. The molecule has 0 aromatic heterocycles. The molecule has 0 aromatic rings. The van der Waals surface area contributed by atoms with Gasteiger partial charge >= 0.3 is 17.9 Å². The highest BCUT2D eigenvalue weighted by Crippen LogP contribution is 2.15. The van der Waals surface area contributed by atoms with Gasteiger partial charge < -0.3 is 14.2 Å². The van der Waals surface area contributed by atoms with Crippen LogP contribution in [0.1, 0.15) is 303 Å². The third kappa shape index (κ3) is 64.5. The number of allylic oxidation sites excluding steroid dienone is 20. The Balaban J connectivity index is 4.25. The largest absolute Gasteiger partial charge is 0.462 e. The smallest absolute Gasteiger partial charge is 0.306 e. The van der Waals surface area contributed by atoms with Gasteiger partial charge in [0.15, 0.2) is 6.10 Å². The van der Waals surface area contributed by atoms with Crippen LogP contribution in [0.5, 0.6) is 0 Å². The van der Waals surface area contributed by atoms with Crippen molar-refractivity contribution in [3.63, 3.8) is 0 Å². The number of hydrogen-bond acceptors (Lipinski definition) is 6. The summed E-state index contributed by atoms with van der Waals surface area (Å²) in [4.78, 5) is 38.2. The monoisotopic (exact) mass is 1090 g/mol. The summed E-state index contributed by atoms with van der Waals surface area (Å²) in [6.07, 6.45) is 92.1. The normalized spacial score (nSPS) is 12.9. The third-order valence-electron chi connectivity index (χ3n) is 13.9. The molecule has 0 aromatic carbocycles. The predicted octanol–water partition coefficient (Wildman–Crippen LogP) is 22.8. The summed E-state index contributed by atoms with van der Waals surface area (Å²) >= 11 is 0. The van der Waals surface area contributed by atoms with Crippen LogP contribution in [0.2, 0.25) is 0 Å². The van der Waals surface area contributed by atoms with Gasteiger partial charge in [0, 0.05) is 19.3 Å². The maximum atomic E-state index is 12.9. The standard InChI is InChI=1S/C73H122O6/c1-4-7-10-13-16-19-22-24-26-28-29-30-31-32-33-34-35-36-37-38-39-40-41-42-43-45-46-48-51-54-57-60-63-66-72(75)78-69-70(68-77-71(74)65-62-59-56-53-50-21-18-15-12-9-6-3)79-73(76)67-64-61-58-55-52-49-47-44-27-25-23-20-17-14-11-8-5-2/h7,10,15-16,18-19,24-27,29-30,32-33,35-36,38-39,41-42,70H,4-6,8-9,11-14,17,20-23,28,31,34,37,40,43-69H2,1-3H3/b10-7-,18-15-,19-16-,26-24-,27-25-,30-29-,33-32-,36-35-,39-38-,42-41-. The van der Waals surface area contributed by atoms with E-state index in [2.05, 4.69) is 142 Å². The summed E-state index contributed by atoms with van der Waals surface area (Å²) in [5, 5.41) is 0. The van der Waals surface area contributed by atoms with Crippen molar-refractivity contribution in [1.82, 2.24) is 0 Å². The molecule has 0 amide bonds. The van der Waals surface area contributed by atoms with Crippen LogP contribution in [0, 0.1) is 0 Å². The van der Waals surface area contributed by atoms with Gasteiger partial charge in [0.05, 0.1) is 0 Å². The van der Waals surface area contributed by atoms with E-state index in [4.69, 9.17) is 14.2 Å². The van der Waals surface area contributed by atoms with E-state index in [0.29, 0.717) is 19.3 Å². The van der Waals surface area contributed by atoms with E-state index in [9.17, 15) is 14.4 Å². The van der Waals surface area contributed by atoms with Crippen LogP contribution in [0.4, 0.5) is 0 Å². The molecule has 0 heterocycles. The van der Waals surface area contributed by atoms with E-state index in [-0.39, 0.29) is 31.1 Å². The molecule has 0 aliphatic carbocycles. The summed E-state index contributed by atoms with van der Waals surface area (Å²) in [7, 11) is 0. The van der Waals surface area contributed by atoms with Gasteiger partial charge in [0.1, 0.15) is 13.2 Å². The summed E-state index contributed by atoms with van der Waals surface area (Å²) in [5.41, 5.74) is 0. The Morgan fingerprint density at radius 2 is 0.506 bits per heavy atom. The lowest BCUT2D eigenvalue weighted by atomic mass is 10.1. The van der Waals surface area contributed by atoms with Gasteiger partial charge in [0.2, 0.25) is 0 Å². The fourth-order valence-corrected chi connectivity index (χ4v) is 8.96. The molecule has 0 bridgehead atoms. The number of hydrogen-bond donors (Lipinski definition) is 0. The van der Waals surface area contributed by atoms with Gasteiger partial charge in [-0.15, -0.1) is 0 Å². The zero-order valence-electron chi connectivity index (χ0n) is 51.6. The van der Waals surface area contributed by atoms with E-state index in [0.717, 1.165) is 122 Å². The van der Waals surface area contributed by atoms with Gasteiger partial charge in [-0.1, -0.05) is 277 Å². The second-order valence-electron chi connectivity index (χ2n) is 21.6. The van der Waals surface area contributed by atoms with Gasteiger partial charge in [-0.25, -0.2) is 0 Å². The molecule has 6 heteroatoms. The molecule has 6 nitrogen and oxygen atoms in total. The van der Waals surface area contributed by atoms with Crippen molar-refractivity contribution in [2.45, 2.75) is 309 Å². The Morgan fingerprint density at radius 3 is 0.823 bits per heavy atom. The molecular formula is C73H122O6. The fourth-order valence-electron chi connectivity index (χ4n) is 8.96. The number of carbonyl (C=O) groups is 3. The molecule has 0 saturated heterocycles. The zero-order valence-corrected chi connectivity index (χ0v) is 51.6. The average Bonchev–Trinajstić information content (AvgIpc) is 3.45. The molecule has 0 radical (unpaired) electrons. The Kier molecular flexibility index (Phi) is 62.8. The van der Waals surface area contributed by atoms with E-state index in [1.165, 1.54) is 141 Å². The van der Waals surface area contributed by atoms with Crippen LogP contribution < -0.4 is 0 Å². The van der Waals surface area contributed by atoms with Gasteiger partial charge in [-0.2, -0.15) is 0 Å². The molecule has 0 aliphatic heterocycles. The Labute approximate surface area is 488 Å². The predicted molar refractivity (Wildman–Crippen MR) is 343 cm³/mol. The molecule has 0 N–H and O–H groups in total. The maximum Gasteiger partial charge on any atom is 0.306 e. The number of ether oxygens (including phenoxy) is 3. The first-order chi connectivity index (χ1) is 39.0. The van der Waals surface area contributed by atoms with Crippen LogP contribution in [0.25, 0.3) is 0 Å². The van der Waals surface area contributed by atoms with E-state index < -0.39 is 6.10 Å². The van der Waals surface area contributed by atoms with Crippen LogP contribution in [0.3, 0.4) is 0 Å². The highest BCUT2D eigenvalue weighted by molar-refractivity contribution is 5.71. The van der Waals surface area contributed by atoms with Crippen molar-refractivity contribution < 1.29 is 28.6 Å². The fraction of sp³-hybridized carbons (Fsp3) is 0.685. The van der Waals surface area contributed by atoms with Crippen molar-refractivity contribution in [2.24, 2.45) is 0 Å². The highest BCUT2D eigenvalue weighted by atomic mass is 16.6. The first kappa shape index (κ1) is 74.8. The SMILES string of the molecule is CC/C=C\C/C=C\C/C=C\C/C=C\C/C=C\C/C=C\C/C=C\C/C=C\CCCCCCCCCCC(=O)OCC(COC(=O)CCCCCCC/C=C\CCCC)OC(=O)CCCCCCCCC/C=C\CCCCCCCC. The van der Waals surface area contributed by atoms with E-state index in [1.54, 1.807) is 0 Å². The minimum Gasteiger partial charge on any atom is -0.462 e. The lowest BCUT2D eigenvalue weighted by molar-refractivity contribution is -0.167. The maximum absolute atomic E-state index is 12.9. The van der Waals surface area contributed by atoms with Gasteiger partial charge in [0.25, 0.3) is 0 Å². The minimum atomic E-state index is -0.789. The number of esters is 3. The minimum absolute atomic E-state index is 0.0869. The van der Waals surface area contributed by atoms with Crippen LogP contribution >= 0.6 is 0 Å². The summed E-state index contributed by atoms with van der Waals surface area (Å²) < 4.78 is 16.9. The van der Waals surface area contributed by atoms with Crippen molar-refractivity contribution >= 4 is 17.9 Å². The Morgan fingerprint density at radius 1 is 0.266 bits per heavy atom. The van der Waals surface area contributed by atoms with Crippen LogP contribution in [0.15, 0.2) is 122 Å². The highest BCUT2D eigenvalue weighted by Gasteiger charge is 2.19. The first-order valence-electron chi connectivity index (χ1n) is 33.0. The molecule has 1 unspecified atom stereocenters. The Bertz CT molecular complexity index is 1640.